The molecule has 4 aromatic rings. The predicted molar refractivity (Wildman–Crippen MR) is 106 cm³/mol. The average molecular weight is 318 g/mol. The van der Waals surface area contributed by atoms with Crippen molar-refractivity contribution in [1.82, 2.24) is 4.98 Å². The van der Waals surface area contributed by atoms with Crippen molar-refractivity contribution in [3.05, 3.63) is 103 Å². The standard InChI is InChI=1S/C23H17N.B/c1-4-10-18(11-5-1)21-16-17-24-23(20-14-8-3-9-15-20)22(21)19-12-6-2-7-13-19;/h1-17H;. The van der Waals surface area contributed by atoms with Crippen LogP contribution in [-0.2, 0) is 0 Å². The minimum absolute atomic E-state index is 0. The molecule has 25 heavy (non-hydrogen) atoms. The molecule has 4 rings (SSSR count). The molecule has 1 nitrogen and oxygen atoms in total. The van der Waals surface area contributed by atoms with Crippen LogP contribution in [0.1, 0.15) is 0 Å². The third-order valence-corrected chi connectivity index (χ3v) is 4.15. The molecule has 3 aromatic carbocycles. The average Bonchev–Trinajstić information content (AvgIpc) is 2.69. The van der Waals surface area contributed by atoms with Gasteiger partial charge in [0.25, 0.3) is 0 Å². The quantitative estimate of drug-likeness (QED) is 0.441. The lowest BCUT2D eigenvalue weighted by Crippen LogP contribution is -1.93. The molecule has 3 radical (unpaired) electrons. The predicted octanol–water partition coefficient (Wildman–Crippen LogP) is 5.70. The van der Waals surface area contributed by atoms with Gasteiger partial charge in [-0.3, -0.25) is 4.98 Å². The molecule has 0 saturated heterocycles. The highest BCUT2D eigenvalue weighted by molar-refractivity contribution is 5.92. The van der Waals surface area contributed by atoms with Gasteiger partial charge >= 0.3 is 0 Å². The summed E-state index contributed by atoms with van der Waals surface area (Å²) in [5, 5.41) is 0. The van der Waals surface area contributed by atoms with Gasteiger partial charge in [-0.15, -0.1) is 0 Å². The number of hydrogen-bond donors (Lipinski definition) is 0. The molecule has 0 aliphatic carbocycles. The SMILES string of the molecule is [B].c1ccc(-c2ccnc(-c3ccccc3)c2-c2ccccc2)cc1. The third kappa shape index (κ3) is 3.38. The molecule has 1 heterocycles. The van der Waals surface area contributed by atoms with Crippen LogP contribution in [0.15, 0.2) is 103 Å². The van der Waals surface area contributed by atoms with Gasteiger partial charge in [-0.05, 0) is 22.8 Å². The van der Waals surface area contributed by atoms with Crippen LogP contribution in [0.4, 0.5) is 0 Å². The zero-order valence-electron chi connectivity index (χ0n) is 13.8. The minimum atomic E-state index is 0. The summed E-state index contributed by atoms with van der Waals surface area (Å²) < 4.78 is 0. The molecular formula is C23H17BN. The van der Waals surface area contributed by atoms with E-state index in [1.807, 2.05) is 24.4 Å². The molecule has 117 valence electrons. The lowest BCUT2D eigenvalue weighted by molar-refractivity contribution is 1.32. The van der Waals surface area contributed by atoms with Gasteiger partial charge in [-0.1, -0.05) is 91.0 Å². The largest absolute Gasteiger partial charge is 0.256 e. The van der Waals surface area contributed by atoms with E-state index < -0.39 is 0 Å². The topological polar surface area (TPSA) is 12.9 Å². The summed E-state index contributed by atoms with van der Waals surface area (Å²) in [4.78, 5) is 4.71. The van der Waals surface area contributed by atoms with E-state index in [1.54, 1.807) is 0 Å². The second-order valence-corrected chi connectivity index (χ2v) is 5.68. The van der Waals surface area contributed by atoms with Gasteiger partial charge in [0, 0.05) is 25.7 Å². The van der Waals surface area contributed by atoms with Crippen LogP contribution in [0.25, 0.3) is 33.5 Å². The number of hydrogen-bond acceptors (Lipinski definition) is 1. The highest BCUT2D eigenvalue weighted by atomic mass is 14.7. The van der Waals surface area contributed by atoms with Crippen LogP contribution < -0.4 is 0 Å². The van der Waals surface area contributed by atoms with Crippen LogP contribution in [0.3, 0.4) is 0 Å². The summed E-state index contributed by atoms with van der Waals surface area (Å²) in [6, 6.07) is 33.5. The molecule has 0 atom stereocenters. The van der Waals surface area contributed by atoms with Gasteiger partial charge in [-0.25, -0.2) is 0 Å². The minimum Gasteiger partial charge on any atom is -0.256 e. The summed E-state index contributed by atoms with van der Waals surface area (Å²) in [5.41, 5.74) is 6.92. The Hall–Kier alpha value is -3.13. The molecule has 0 aliphatic rings. The molecule has 0 bridgehead atoms. The fourth-order valence-electron chi connectivity index (χ4n) is 3.03. The van der Waals surface area contributed by atoms with Crippen LogP contribution >= 0.6 is 0 Å². The maximum atomic E-state index is 4.71. The first-order valence-electron chi connectivity index (χ1n) is 8.09. The van der Waals surface area contributed by atoms with Crippen molar-refractivity contribution in [3.8, 4) is 33.5 Å². The van der Waals surface area contributed by atoms with E-state index in [0.717, 1.165) is 11.3 Å². The van der Waals surface area contributed by atoms with Crippen LogP contribution in [0.5, 0.6) is 0 Å². The summed E-state index contributed by atoms with van der Waals surface area (Å²) in [7, 11) is 0. The van der Waals surface area contributed by atoms with Crippen LogP contribution in [0.2, 0.25) is 0 Å². The zero-order valence-corrected chi connectivity index (χ0v) is 13.8. The van der Waals surface area contributed by atoms with Crippen molar-refractivity contribution < 1.29 is 0 Å². The van der Waals surface area contributed by atoms with E-state index >= 15 is 0 Å². The number of benzene rings is 3. The van der Waals surface area contributed by atoms with Gasteiger partial charge in [0.05, 0.1) is 5.69 Å². The maximum Gasteiger partial charge on any atom is 0.0786 e. The summed E-state index contributed by atoms with van der Waals surface area (Å²) in [5.74, 6) is 0. The highest BCUT2D eigenvalue weighted by Crippen LogP contribution is 2.38. The molecule has 0 N–H and O–H groups in total. The van der Waals surface area contributed by atoms with E-state index in [1.165, 1.54) is 22.3 Å². The fraction of sp³-hybridized carbons (Fsp3) is 0. The summed E-state index contributed by atoms with van der Waals surface area (Å²) in [6.07, 6.45) is 1.90. The summed E-state index contributed by atoms with van der Waals surface area (Å²) >= 11 is 0. The molecule has 2 heteroatoms. The second kappa shape index (κ2) is 7.63. The molecule has 0 amide bonds. The summed E-state index contributed by atoms with van der Waals surface area (Å²) in [6.45, 7) is 0. The normalized spacial score (nSPS) is 10.1. The van der Waals surface area contributed by atoms with E-state index in [-0.39, 0.29) is 8.41 Å². The Balaban J connectivity index is 0.00000182. The first-order chi connectivity index (χ1) is 11.9. The molecule has 0 saturated carbocycles. The molecule has 0 unspecified atom stereocenters. The van der Waals surface area contributed by atoms with E-state index in [0.29, 0.717) is 0 Å². The molecular weight excluding hydrogens is 301 g/mol. The second-order valence-electron chi connectivity index (χ2n) is 5.68. The Bertz CT molecular complexity index is 878. The van der Waals surface area contributed by atoms with Gasteiger partial charge in [0.15, 0.2) is 0 Å². The first kappa shape index (κ1) is 16.7. The smallest absolute Gasteiger partial charge is 0.0786 e. The zero-order chi connectivity index (χ0) is 16.2. The van der Waals surface area contributed by atoms with Crippen molar-refractivity contribution in [2.75, 3.05) is 0 Å². The van der Waals surface area contributed by atoms with Crippen molar-refractivity contribution in [3.63, 3.8) is 0 Å². The van der Waals surface area contributed by atoms with Gasteiger partial charge in [-0.2, -0.15) is 0 Å². The third-order valence-electron chi connectivity index (χ3n) is 4.15. The van der Waals surface area contributed by atoms with E-state index in [9.17, 15) is 0 Å². The molecule has 0 aliphatic heterocycles. The number of rotatable bonds is 3. The van der Waals surface area contributed by atoms with Gasteiger partial charge < -0.3 is 0 Å². The van der Waals surface area contributed by atoms with Crippen molar-refractivity contribution in [2.45, 2.75) is 0 Å². The van der Waals surface area contributed by atoms with E-state index in [4.69, 9.17) is 4.98 Å². The Morgan fingerprint density at radius 3 is 1.52 bits per heavy atom. The number of aromatic nitrogens is 1. The Morgan fingerprint density at radius 2 is 0.960 bits per heavy atom. The molecule has 1 aromatic heterocycles. The maximum absolute atomic E-state index is 4.71. The van der Waals surface area contributed by atoms with Crippen molar-refractivity contribution >= 4 is 8.41 Å². The van der Waals surface area contributed by atoms with Crippen molar-refractivity contribution in [2.24, 2.45) is 0 Å². The Morgan fingerprint density at radius 1 is 0.480 bits per heavy atom. The fourth-order valence-corrected chi connectivity index (χ4v) is 3.03. The monoisotopic (exact) mass is 318 g/mol. The van der Waals surface area contributed by atoms with Gasteiger partial charge in [0.2, 0.25) is 0 Å². The first-order valence-corrected chi connectivity index (χ1v) is 8.09. The molecule has 0 fully saturated rings. The number of nitrogens with zero attached hydrogens (tertiary/aromatic N) is 1. The lowest BCUT2D eigenvalue weighted by atomic mass is 9.91. The van der Waals surface area contributed by atoms with Crippen LogP contribution in [0, 0.1) is 0 Å². The Kier molecular flexibility index (Phi) is 5.10. The highest BCUT2D eigenvalue weighted by Gasteiger charge is 2.14. The number of pyridine rings is 1. The lowest BCUT2D eigenvalue weighted by Gasteiger charge is -2.15. The van der Waals surface area contributed by atoms with Crippen LogP contribution in [-0.4, -0.2) is 13.4 Å². The Labute approximate surface area is 150 Å². The van der Waals surface area contributed by atoms with E-state index in [2.05, 4.69) is 78.9 Å². The van der Waals surface area contributed by atoms with Gasteiger partial charge in [0.1, 0.15) is 0 Å². The van der Waals surface area contributed by atoms with Crippen molar-refractivity contribution in [1.29, 1.82) is 0 Å². The molecule has 0 spiro atoms.